The van der Waals surface area contributed by atoms with Crippen LogP contribution in [0.25, 0.3) is 110 Å². The Balaban J connectivity index is 1.21. The molecule has 260 valence electrons. The first-order valence-electron chi connectivity index (χ1n) is 19.0. The van der Waals surface area contributed by atoms with Crippen LogP contribution in [0.3, 0.4) is 0 Å². The highest BCUT2D eigenvalue weighted by atomic mass is 15.2. The molecular formula is C51H31N5. The summed E-state index contributed by atoms with van der Waals surface area (Å²) in [7, 11) is 0. The third kappa shape index (κ3) is 4.39. The maximum Gasteiger partial charge on any atom is 0.237 e. The smallest absolute Gasteiger partial charge is 0.237 e. The molecule has 56 heavy (non-hydrogen) atoms. The molecule has 0 aliphatic carbocycles. The molecule has 5 heteroatoms. The van der Waals surface area contributed by atoms with Crippen molar-refractivity contribution in [2.45, 2.75) is 0 Å². The molecule has 0 saturated heterocycles. The minimum absolute atomic E-state index is 0.597. The van der Waals surface area contributed by atoms with Gasteiger partial charge >= 0.3 is 0 Å². The third-order valence-corrected chi connectivity index (χ3v) is 11.4. The van der Waals surface area contributed by atoms with Crippen LogP contribution in [0.4, 0.5) is 0 Å². The normalized spacial score (nSPS) is 11.9. The van der Waals surface area contributed by atoms with Crippen molar-refractivity contribution < 1.29 is 0 Å². The Bertz CT molecular complexity index is 3530. The van der Waals surface area contributed by atoms with Crippen molar-refractivity contribution in [2.24, 2.45) is 0 Å². The van der Waals surface area contributed by atoms with Gasteiger partial charge in [0.1, 0.15) is 0 Å². The van der Waals surface area contributed by atoms with Crippen LogP contribution < -0.4 is 0 Å². The molecule has 0 N–H and O–H groups in total. The molecule has 0 radical (unpaired) electrons. The van der Waals surface area contributed by atoms with E-state index in [-0.39, 0.29) is 0 Å². The summed E-state index contributed by atoms with van der Waals surface area (Å²) in [5.41, 5.74) is 10.6. The highest BCUT2D eigenvalue weighted by molar-refractivity contribution is 6.26. The van der Waals surface area contributed by atoms with E-state index >= 15 is 0 Å². The number of rotatable bonds is 4. The fourth-order valence-electron chi connectivity index (χ4n) is 9.01. The van der Waals surface area contributed by atoms with E-state index in [9.17, 15) is 0 Å². The van der Waals surface area contributed by atoms with Gasteiger partial charge in [-0.25, -0.2) is 9.97 Å². The highest BCUT2D eigenvalue weighted by Gasteiger charge is 2.23. The summed E-state index contributed by atoms with van der Waals surface area (Å²) in [6.07, 6.45) is 1.81. The number of hydrogen-bond acceptors (Lipinski definition) is 3. The summed E-state index contributed by atoms with van der Waals surface area (Å²) in [4.78, 5) is 15.2. The van der Waals surface area contributed by atoms with Crippen LogP contribution in [-0.4, -0.2) is 24.1 Å². The number of benzene rings is 8. The Morgan fingerprint density at radius 2 is 0.839 bits per heavy atom. The average Bonchev–Trinajstić information content (AvgIpc) is 3.79. The number of para-hydroxylation sites is 3. The molecule has 8 aromatic carbocycles. The van der Waals surface area contributed by atoms with E-state index in [1.54, 1.807) is 6.20 Å². The number of nitrogens with zero attached hydrogens (tertiary/aromatic N) is 5. The fraction of sp³-hybridized carbons (Fsp3) is 0. The van der Waals surface area contributed by atoms with Crippen LogP contribution in [0.1, 0.15) is 0 Å². The molecule has 4 aromatic heterocycles. The molecule has 0 spiro atoms. The summed E-state index contributed by atoms with van der Waals surface area (Å²) in [5.74, 6) is 0.597. The Kier molecular flexibility index (Phi) is 6.56. The zero-order chi connectivity index (χ0) is 36.7. The van der Waals surface area contributed by atoms with E-state index < -0.39 is 0 Å². The zero-order valence-corrected chi connectivity index (χ0v) is 30.1. The van der Waals surface area contributed by atoms with Crippen LogP contribution in [0.15, 0.2) is 188 Å². The van der Waals surface area contributed by atoms with E-state index in [1.807, 2.05) is 12.1 Å². The average molecular weight is 714 g/mol. The van der Waals surface area contributed by atoms with Gasteiger partial charge in [-0.15, -0.1) is 0 Å². The van der Waals surface area contributed by atoms with Gasteiger partial charge < -0.3 is 4.57 Å². The number of pyridine rings is 1. The molecule has 0 fully saturated rings. The minimum Gasteiger partial charge on any atom is -0.309 e. The van der Waals surface area contributed by atoms with Gasteiger partial charge in [-0.3, -0.25) is 4.57 Å². The van der Waals surface area contributed by atoms with Crippen molar-refractivity contribution in [3.8, 4) is 34.0 Å². The monoisotopic (exact) mass is 713 g/mol. The highest BCUT2D eigenvalue weighted by Crippen LogP contribution is 2.46. The lowest BCUT2D eigenvalue weighted by Crippen LogP contribution is -2.04. The fourth-order valence-corrected chi connectivity index (χ4v) is 9.01. The van der Waals surface area contributed by atoms with Gasteiger partial charge in [-0.1, -0.05) is 133 Å². The molecule has 0 aliphatic rings. The van der Waals surface area contributed by atoms with Gasteiger partial charge in [0.05, 0.1) is 27.8 Å². The zero-order valence-electron chi connectivity index (χ0n) is 30.1. The molecule has 0 saturated carbocycles. The van der Waals surface area contributed by atoms with E-state index in [2.05, 4.69) is 179 Å². The second-order valence-electron chi connectivity index (χ2n) is 14.4. The molecule has 0 amide bonds. The summed E-state index contributed by atoms with van der Waals surface area (Å²) < 4.78 is 4.67. The van der Waals surface area contributed by atoms with E-state index in [0.29, 0.717) is 11.6 Å². The van der Waals surface area contributed by atoms with Crippen molar-refractivity contribution in [1.29, 1.82) is 0 Å². The van der Waals surface area contributed by atoms with Crippen LogP contribution in [0.5, 0.6) is 0 Å². The van der Waals surface area contributed by atoms with Crippen LogP contribution in [-0.2, 0) is 0 Å². The molecule has 5 nitrogen and oxygen atoms in total. The summed E-state index contributed by atoms with van der Waals surface area (Å²) in [5, 5.41) is 10.4. The Morgan fingerprint density at radius 3 is 1.46 bits per heavy atom. The molecule has 12 rings (SSSR count). The first-order valence-corrected chi connectivity index (χ1v) is 19.0. The van der Waals surface area contributed by atoms with Gasteiger partial charge in [0.2, 0.25) is 5.95 Å². The lowest BCUT2D eigenvalue weighted by atomic mass is 9.90. The second-order valence-corrected chi connectivity index (χ2v) is 14.4. The third-order valence-electron chi connectivity index (χ3n) is 11.4. The molecular weight excluding hydrogens is 683 g/mol. The number of aromatic nitrogens is 5. The maximum absolute atomic E-state index is 5.34. The first-order chi connectivity index (χ1) is 27.8. The van der Waals surface area contributed by atoms with Gasteiger partial charge in [0.15, 0.2) is 5.65 Å². The predicted octanol–water partition coefficient (Wildman–Crippen LogP) is 12.9. The lowest BCUT2D eigenvalue weighted by Gasteiger charge is -2.16. The Labute approximate surface area is 321 Å². The van der Waals surface area contributed by atoms with Gasteiger partial charge in [-0.05, 0) is 70.4 Å². The van der Waals surface area contributed by atoms with Crippen LogP contribution in [0, 0.1) is 0 Å². The standard InChI is InChI=1S/C51H31N5/c1-3-16-32(17-4-1)47-40-26-15-29-52-50(40)54-51(53-47)56-46-28-14-12-23-37(46)44-31-42(35-21-8-10-25-39(35)49(44)56)41-30-43-36-22-11-13-27-45(36)55(33-18-5-2-6-19-33)48(43)38-24-9-7-20-34(38)41/h1-31H. The van der Waals surface area contributed by atoms with E-state index in [1.165, 1.54) is 49.1 Å². The second kappa shape index (κ2) is 11.9. The van der Waals surface area contributed by atoms with Gasteiger partial charge in [0.25, 0.3) is 0 Å². The molecule has 4 heterocycles. The lowest BCUT2D eigenvalue weighted by molar-refractivity contribution is 1.01. The minimum atomic E-state index is 0.597. The molecule has 0 aliphatic heterocycles. The quantitative estimate of drug-likeness (QED) is 0.182. The summed E-state index contributed by atoms with van der Waals surface area (Å²) in [6.45, 7) is 0. The van der Waals surface area contributed by atoms with Crippen molar-refractivity contribution in [3.63, 3.8) is 0 Å². The number of fused-ring (bicyclic) bond motifs is 11. The predicted molar refractivity (Wildman–Crippen MR) is 232 cm³/mol. The Morgan fingerprint density at radius 1 is 0.357 bits per heavy atom. The van der Waals surface area contributed by atoms with Gasteiger partial charge in [-0.2, -0.15) is 4.98 Å². The Hall–Kier alpha value is -7.63. The molecule has 0 unspecified atom stereocenters. The molecule has 0 bridgehead atoms. The first kappa shape index (κ1) is 30.8. The largest absolute Gasteiger partial charge is 0.309 e. The molecule has 12 aromatic rings. The van der Waals surface area contributed by atoms with E-state index in [4.69, 9.17) is 15.0 Å². The molecule has 0 atom stereocenters. The van der Waals surface area contributed by atoms with Crippen LogP contribution in [0.2, 0.25) is 0 Å². The summed E-state index contributed by atoms with van der Waals surface area (Å²) >= 11 is 0. The van der Waals surface area contributed by atoms with Crippen molar-refractivity contribution in [2.75, 3.05) is 0 Å². The number of hydrogen-bond donors (Lipinski definition) is 0. The summed E-state index contributed by atoms with van der Waals surface area (Å²) in [6, 6.07) is 65.0. The van der Waals surface area contributed by atoms with Crippen LogP contribution >= 0.6 is 0 Å². The van der Waals surface area contributed by atoms with E-state index in [0.717, 1.165) is 49.5 Å². The van der Waals surface area contributed by atoms with Crippen molar-refractivity contribution in [3.05, 3.63) is 188 Å². The van der Waals surface area contributed by atoms with Gasteiger partial charge in [0, 0.05) is 55.2 Å². The van der Waals surface area contributed by atoms with Crippen molar-refractivity contribution in [1.82, 2.24) is 24.1 Å². The SMILES string of the molecule is c1ccc(-c2nc(-n3c4ccccc4c4cc(-c5cc6c7ccccc7n(-c7ccccc7)c6c6ccccc56)c5ccccc5c43)nc3ncccc23)cc1. The maximum atomic E-state index is 5.34. The topological polar surface area (TPSA) is 48.5 Å². The van der Waals surface area contributed by atoms with Crippen molar-refractivity contribution >= 4 is 76.2 Å².